The molecule has 5 heteroatoms. The van der Waals surface area contributed by atoms with Crippen LogP contribution in [0.3, 0.4) is 0 Å². The highest BCUT2D eigenvalue weighted by Crippen LogP contribution is 2.23. The van der Waals surface area contributed by atoms with Gasteiger partial charge in [0.25, 0.3) is 0 Å². The van der Waals surface area contributed by atoms with Gasteiger partial charge in [-0.2, -0.15) is 5.26 Å². The largest absolute Gasteiger partial charge is 0.357 e. The molecule has 4 nitrogen and oxygen atoms in total. The Labute approximate surface area is 91.2 Å². The van der Waals surface area contributed by atoms with E-state index in [0.717, 1.165) is 10.6 Å². The van der Waals surface area contributed by atoms with Crippen molar-refractivity contribution < 1.29 is 0 Å². The molecular formula is C10H8N4S. The maximum atomic E-state index is 8.43. The summed E-state index contributed by atoms with van der Waals surface area (Å²) in [4.78, 5) is 9.28. The minimum Gasteiger partial charge on any atom is -0.357 e. The van der Waals surface area contributed by atoms with Crippen molar-refractivity contribution in [2.75, 3.05) is 11.9 Å². The van der Waals surface area contributed by atoms with Gasteiger partial charge in [0.05, 0.1) is 16.6 Å². The van der Waals surface area contributed by atoms with Crippen molar-refractivity contribution in [3.8, 4) is 16.6 Å². The summed E-state index contributed by atoms with van der Waals surface area (Å²) >= 11 is 1.63. The minimum absolute atomic E-state index is 0.251. The fraction of sp³-hybridized carbons (Fsp3) is 0.100. The van der Waals surface area contributed by atoms with Crippen LogP contribution in [-0.2, 0) is 0 Å². The van der Waals surface area contributed by atoms with Crippen molar-refractivity contribution in [3.63, 3.8) is 0 Å². The number of thiophene rings is 1. The van der Waals surface area contributed by atoms with Gasteiger partial charge in [0, 0.05) is 6.07 Å². The number of nitrogens with zero attached hydrogens (tertiary/aromatic N) is 3. The van der Waals surface area contributed by atoms with Gasteiger partial charge in [-0.3, -0.25) is 0 Å². The second kappa shape index (κ2) is 4.53. The predicted molar refractivity (Wildman–Crippen MR) is 59.4 cm³/mol. The third kappa shape index (κ3) is 2.30. The van der Waals surface area contributed by atoms with E-state index in [4.69, 9.17) is 5.26 Å². The van der Waals surface area contributed by atoms with Crippen LogP contribution in [0.15, 0.2) is 29.9 Å². The SMILES string of the molecule is N#CCNc1cc(-c2cccs2)ncn1. The molecule has 2 aromatic heterocycles. The third-order valence-electron chi connectivity index (χ3n) is 1.79. The molecular weight excluding hydrogens is 208 g/mol. The zero-order valence-corrected chi connectivity index (χ0v) is 8.66. The molecule has 0 bridgehead atoms. The quantitative estimate of drug-likeness (QED) is 0.798. The summed E-state index contributed by atoms with van der Waals surface area (Å²) in [5, 5.41) is 13.3. The van der Waals surface area contributed by atoms with Crippen LogP contribution >= 0.6 is 11.3 Å². The number of anilines is 1. The number of aromatic nitrogens is 2. The van der Waals surface area contributed by atoms with Gasteiger partial charge in [-0.1, -0.05) is 6.07 Å². The van der Waals surface area contributed by atoms with E-state index in [2.05, 4.69) is 15.3 Å². The van der Waals surface area contributed by atoms with E-state index in [1.807, 2.05) is 29.6 Å². The highest BCUT2D eigenvalue weighted by molar-refractivity contribution is 7.13. The minimum atomic E-state index is 0.251. The fourth-order valence-corrected chi connectivity index (χ4v) is 1.84. The first-order valence-electron chi connectivity index (χ1n) is 4.37. The van der Waals surface area contributed by atoms with E-state index in [9.17, 15) is 0 Å². The van der Waals surface area contributed by atoms with E-state index >= 15 is 0 Å². The lowest BCUT2D eigenvalue weighted by Gasteiger charge is -2.01. The first kappa shape index (κ1) is 9.62. The molecule has 0 fully saturated rings. The van der Waals surface area contributed by atoms with Crippen molar-refractivity contribution in [1.82, 2.24) is 9.97 Å². The van der Waals surface area contributed by atoms with Crippen LogP contribution < -0.4 is 5.32 Å². The molecule has 0 aromatic carbocycles. The maximum absolute atomic E-state index is 8.43. The molecule has 2 rings (SSSR count). The highest BCUT2D eigenvalue weighted by atomic mass is 32.1. The number of nitriles is 1. The monoisotopic (exact) mass is 216 g/mol. The van der Waals surface area contributed by atoms with Crippen LogP contribution in [0.5, 0.6) is 0 Å². The molecule has 0 aliphatic rings. The Bertz CT molecular complexity index is 472. The Kier molecular flexibility index (Phi) is 2.90. The van der Waals surface area contributed by atoms with Gasteiger partial charge in [-0.05, 0) is 11.4 Å². The molecule has 0 unspecified atom stereocenters. The fourth-order valence-electron chi connectivity index (χ4n) is 1.14. The Balaban J connectivity index is 2.24. The average molecular weight is 216 g/mol. The van der Waals surface area contributed by atoms with Gasteiger partial charge < -0.3 is 5.32 Å². The zero-order chi connectivity index (χ0) is 10.5. The Morgan fingerprint density at radius 2 is 2.40 bits per heavy atom. The average Bonchev–Trinajstić information content (AvgIpc) is 2.80. The Morgan fingerprint density at radius 3 is 3.13 bits per heavy atom. The first-order valence-corrected chi connectivity index (χ1v) is 5.25. The van der Waals surface area contributed by atoms with Crippen molar-refractivity contribution in [3.05, 3.63) is 29.9 Å². The number of hydrogen-bond donors (Lipinski definition) is 1. The first-order chi connectivity index (χ1) is 7.40. The summed E-state index contributed by atoms with van der Waals surface area (Å²) in [6.07, 6.45) is 1.49. The molecule has 0 atom stereocenters. The molecule has 0 amide bonds. The summed E-state index contributed by atoms with van der Waals surface area (Å²) in [5.74, 6) is 0.676. The van der Waals surface area contributed by atoms with E-state index in [1.165, 1.54) is 6.33 Å². The lowest BCUT2D eigenvalue weighted by Crippen LogP contribution is -2.01. The van der Waals surface area contributed by atoms with Crippen LogP contribution in [0, 0.1) is 11.3 Å². The molecule has 0 aliphatic heterocycles. The summed E-state index contributed by atoms with van der Waals surface area (Å²) < 4.78 is 0. The predicted octanol–water partition coefficient (Wildman–Crippen LogP) is 2.14. The maximum Gasteiger partial charge on any atom is 0.130 e. The van der Waals surface area contributed by atoms with Gasteiger partial charge in [0.2, 0.25) is 0 Å². The zero-order valence-electron chi connectivity index (χ0n) is 7.84. The van der Waals surface area contributed by atoms with Gasteiger partial charge in [-0.25, -0.2) is 9.97 Å². The molecule has 74 valence electrons. The van der Waals surface area contributed by atoms with E-state index in [-0.39, 0.29) is 6.54 Å². The Hall–Kier alpha value is -1.93. The van der Waals surface area contributed by atoms with Crippen molar-refractivity contribution in [1.29, 1.82) is 5.26 Å². The smallest absolute Gasteiger partial charge is 0.130 e. The molecule has 0 spiro atoms. The van der Waals surface area contributed by atoms with Crippen LogP contribution in [-0.4, -0.2) is 16.5 Å². The van der Waals surface area contributed by atoms with Gasteiger partial charge >= 0.3 is 0 Å². The highest BCUT2D eigenvalue weighted by Gasteiger charge is 2.01. The molecule has 2 aromatic rings. The van der Waals surface area contributed by atoms with E-state index in [0.29, 0.717) is 5.82 Å². The van der Waals surface area contributed by atoms with Crippen molar-refractivity contribution in [2.45, 2.75) is 0 Å². The molecule has 1 N–H and O–H groups in total. The van der Waals surface area contributed by atoms with Crippen LogP contribution in [0.4, 0.5) is 5.82 Å². The number of rotatable bonds is 3. The summed E-state index contributed by atoms with van der Waals surface area (Å²) in [6.45, 7) is 0.251. The number of hydrogen-bond acceptors (Lipinski definition) is 5. The molecule has 0 aliphatic carbocycles. The van der Waals surface area contributed by atoms with Crippen molar-refractivity contribution in [2.24, 2.45) is 0 Å². The second-order valence-corrected chi connectivity index (χ2v) is 3.73. The third-order valence-corrected chi connectivity index (χ3v) is 2.68. The Morgan fingerprint density at radius 1 is 1.47 bits per heavy atom. The summed E-state index contributed by atoms with van der Waals surface area (Å²) in [5.41, 5.74) is 0.875. The van der Waals surface area contributed by atoms with Gasteiger partial charge in [-0.15, -0.1) is 11.3 Å². The van der Waals surface area contributed by atoms with Gasteiger partial charge in [0.15, 0.2) is 0 Å². The molecule has 0 saturated heterocycles. The van der Waals surface area contributed by atoms with Crippen LogP contribution in [0.2, 0.25) is 0 Å². The molecule has 2 heterocycles. The van der Waals surface area contributed by atoms with Crippen LogP contribution in [0.25, 0.3) is 10.6 Å². The normalized spacial score (nSPS) is 9.53. The second-order valence-electron chi connectivity index (χ2n) is 2.78. The van der Waals surface area contributed by atoms with Gasteiger partial charge in [0.1, 0.15) is 18.7 Å². The van der Waals surface area contributed by atoms with Crippen molar-refractivity contribution >= 4 is 17.2 Å². The molecule has 0 saturated carbocycles. The van der Waals surface area contributed by atoms with E-state index in [1.54, 1.807) is 11.3 Å². The lowest BCUT2D eigenvalue weighted by atomic mass is 10.3. The standard InChI is InChI=1S/C10H8N4S/c11-3-4-12-10-6-8(13-7-14-10)9-2-1-5-15-9/h1-2,5-7H,4H2,(H,12,13,14). The topological polar surface area (TPSA) is 61.6 Å². The lowest BCUT2D eigenvalue weighted by molar-refractivity contribution is 1.15. The molecule has 15 heavy (non-hydrogen) atoms. The molecule has 0 radical (unpaired) electrons. The summed E-state index contributed by atoms with van der Waals surface area (Å²) in [6, 6.07) is 7.82. The van der Waals surface area contributed by atoms with Crippen LogP contribution in [0.1, 0.15) is 0 Å². The summed E-state index contributed by atoms with van der Waals surface area (Å²) in [7, 11) is 0. The number of nitrogens with one attached hydrogen (secondary N) is 1. The van der Waals surface area contributed by atoms with E-state index < -0.39 is 0 Å².